The number of hydrazone groups is 1. The van der Waals surface area contributed by atoms with E-state index in [0.717, 1.165) is 5.69 Å². The van der Waals surface area contributed by atoms with Crippen LogP contribution in [0.25, 0.3) is 0 Å². The molecule has 0 aliphatic carbocycles. The van der Waals surface area contributed by atoms with Crippen molar-refractivity contribution in [1.82, 2.24) is 4.98 Å². The number of nitrogens with one attached hydrogen (secondary N) is 2. The summed E-state index contributed by atoms with van der Waals surface area (Å²) in [5.41, 5.74) is 4.47. The van der Waals surface area contributed by atoms with E-state index < -0.39 is 5.97 Å². The lowest BCUT2D eigenvalue weighted by atomic mass is 10.2. The lowest BCUT2D eigenvalue weighted by Crippen LogP contribution is -2.21. The maximum atomic E-state index is 10.7. The number of carbonyl (C=O) groups is 1. The molecule has 1 heterocycles. The molecule has 0 atom stereocenters. The van der Waals surface area contributed by atoms with E-state index in [1.807, 2.05) is 30.3 Å². The first-order valence-electron chi connectivity index (χ1n) is 7.21. The molecule has 25 heavy (non-hydrogen) atoms. The fourth-order valence-corrected chi connectivity index (χ4v) is 2.99. The molecule has 0 bridgehead atoms. The summed E-state index contributed by atoms with van der Waals surface area (Å²) in [5.74, 6) is -1.22. The topological polar surface area (TPSA) is 89.4 Å². The summed E-state index contributed by atoms with van der Waals surface area (Å²) in [7, 11) is 0. The lowest BCUT2D eigenvalue weighted by molar-refractivity contribution is -0.255. The normalized spacial score (nSPS) is 10.8. The Morgan fingerprint density at radius 1 is 1.12 bits per heavy atom. The number of carboxylic acids is 1. The summed E-state index contributed by atoms with van der Waals surface area (Å²) in [6.07, 6.45) is 1.56. The number of para-hydroxylation sites is 1. The summed E-state index contributed by atoms with van der Waals surface area (Å²) in [6, 6.07) is 15.7. The van der Waals surface area contributed by atoms with Crippen LogP contribution in [0.2, 0.25) is 5.15 Å². The first kappa shape index (κ1) is 16.9. The van der Waals surface area contributed by atoms with Crippen LogP contribution in [0.1, 0.15) is 15.2 Å². The minimum absolute atomic E-state index is 0.108. The van der Waals surface area contributed by atoms with Gasteiger partial charge in [-0.3, -0.25) is 5.43 Å². The van der Waals surface area contributed by atoms with Crippen LogP contribution >= 0.6 is 22.9 Å². The van der Waals surface area contributed by atoms with E-state index in [1.54, 1.807) is 18.3 Å². The van der Waals surface area contributed by atoms with Gasteiger partial charge in [-0.2, -0.15) is 5.10 Å². The summed E-state index contributed by atoms with van der Waals surface area (Å²) in [4.78, 5) is 15.6. The number of aromatic nitrogens is 1. The van der Waals surface area contributed by atoms with Crippen molar-refractivity contribution in [2.24, 2.45) is 5.10 Å². The van der Waals surface area contributed by atoms with Gasteiger partial charge < -0.3 is 15.2 Å². The Hall–Kier alpha value is -2.90. The second-order valence-electron chi connectivity index (χ2n) is 4.90. The summed E-state index contributed by atoms with van der Waals surface area (Å²) in [5, 5.41) is 19.0. The van der Waals surface area contributed by atoms with E-state index in [9.17, 15) is 9.90 Å². The van der Waals surface area contributed by atoms with Crippen LogP contribution < -0.4 is 15.8 Å². The van der Waals surface area contributed by atoms with Crippen molar-refractivity contribution in [3.05, 3.63) is 70.2 Å². The van der Waals surface area contributed by atoms with Gasteiger partial charge in [-0.05, 0) is 29.8 Å². The van der Waals surface area contributed by atoms with Gasteiger partial charge in [0.25, 0.3) is 0 Å². The standard InChI is InChI=1S/C17H13ClN4O2S/c18-15-14(25-17(21-15)20-12-4-2-1-3-5-12)10-19-22-13-8-6-11(7-9-13)16(23)24/h1-10,22H,(H,20,21)(H,23,24)/p-1/b19-10+. The fraction of sp³-hybridized carbons (Fsp3) is 0. The third-order valence-corrected chi connectivity index (χ3v) is 4.44. The first-order valence-corrected chi connectivity index (χ1v) is 8.40. The molecule has 0 aliphatic heterocycles. The molecular formula is C17H12ClN4O2S-. The zero-order valence-corrected chi connectivity index (χ0v) is 14.3. The van der Waals surface area contributed by atoms with Crippen molar-refractivity contribution in [3.8, 4) is 0 Å². The van der Waals surface area contributed by atoms with Crippen molar-refractivity contribution in [2.75, 3.05) is 10.7 Å². The van der Waals surface area contributed by atoms with Crippen molar-refractivity contribution in [2.45, 2.75) is 0 Å². The zero-order valence-electron chi connectivity index (χ0n) is 12.8. The largest absolute Gasteiger partial charge is 0.545 e. The van der Waals surface area contributed by atoms with Crippen LogP contribution in [0.15, 0.2) is 59.7 Å². The average molecular weight is 372 g/mol. The van der Waals surface area contributed by atoms with Gasteiger partial charge in [0.05, 0.1) is 22.7 Å². The van der Waals surface area contributed by atoms with E-state index >= 15 is 0 Å². The highest BCUT2D eigenvalue weighted by atomic mass is 35.5. The Labute approximate surface area is 152 Å². The van der Waals surface area contributed by atoms with Crippen LogP contribution in [0.4, 0.5) is 16.5 Å². The number of carbonyl (C=O) groups excluding carboxylic acids is 1. The molecule has 0 saturated heterocycles. The highest BCUT2D eigenvalue weighted by molar-refractivity contribution is 7.17. The van der Waals surface area contributed by atoms with Crippen LogP contribution in [-0.4, -0.2) is 17.2 Å². The molecular weight excluding hydrogens is 360 g/mol. The molecule has 2 N–H and O–H groups in total. The molecule has 0 aliphatic rings. The second-order valence-corrected chi connectivity index (χ2v) is 6.29. The SMILES string of the molecule is O=C([O-])c1ccc(N/N=C/c2sc(Nc3ccccc3)nc2Cl)cc1. The molecule has 0 radical (unpaired) electrons. The highest BCUT2D eigenvalue weighted by Crippen LogP contribution is 2.27. The molecule has 3 aromatic rings. The van der Waals surface area contributed by atoms with Gasteiger partial charge in [-0.15, -0.1) is 0 Å². The number of benzene rings is 2. The van der Waals surface area contributed by atoms with E-state index in [-0.39, 0.29) is 5.56 Å². The monoisotopic (exact) mass is 371 g/mol. The number of anilines is 3. The lowest BCUT2D eigenvalue weighted by Gasteiger charge is -2.03. The number of carboxylic acid groups (broad SMARTS) is 1. The summed E-state index contributed by atoms with van der Waals surface area (Å²) < 4.78 is 0. The predicted molar refractivity (Wildman–Crippen MR) is 98.8 cm³/mol. The third kappa shape index (κ3) is 4.56. The van der Waals surface area contributed by atoms with Gasteiger partial charge in [0.1, 0.15) is 0 Å². The number of hydrogen-bond acceptors (Lipinski definition) is 7. The maximum absolute atomic E-state index is 10.7. The van der Waals surface area contributed by atoms with E-state index in [2.05, 4.69) is 20.8 Å². The fourth-order valence-electron chi connectivity index (χ4n) is 1.94. The number of aromatic carboxylic acids is 1. The third-order valence-electron chi connectivity index (χ3n) is 3.13. The predicted octanol–water partition coefficient (Wildman–Crippen LogP) is 3.35. The quantitative estimate of drug-likeness (QED) is 0.512. The van der Waals surface area contributed by atoms with Gasteiger partial charge in [0, 0.05) is 5.69 Å². The highest BCUT2D eigenvalue weighted by Gasteiger charge is 2.07. The van der Waals surface area contributed by atoms with Crippen LogP contribution in [-0.2, 0) is 0 Å². The van der Waals surface area contributed by atoms with Crippen molar-refractivity contribution >= 4 is 51.6 Å². The minimum atomic E-state index is -1.22. The second kappa shape index (κ2) is 7.78. The number of halogens is 1. The van der Waals surface area contributed by atoms with Crippen LogP contribution in [0, 0.1) is 0 Å². The number of thiazole rings is 1. The van der Waals surface area contributed by atoms with Gasteiger partial charge in [-0.25, -0.2) is 4.98 Å². The Kier molecular flexibility index (Phi) is 5.27. The molecule has 0 unspecified atom stereocenters. The van der Waals surface area contributed by atoms with Crippen molar-refractivity contribution in [1.29, 1.82) is 0 Å². The minimum Gasteiger partial charge on any atom is -0.545 e. The van der Waals surface area contributed by atoms with E-state index in [1.165, 1.54) is 23.5 Å². The Morgan fingerprint density at radius 2 is 1.84 bits per heavy atom. The van der Waals surface area contributed by atoms with Crippen LogP contribution in [0.5, 0.6) is 0 Å². The number of hydrogen-bond donors (Lipinski definition) is 2. The molecule has 0 saturated carbocycles. The van der Waals surface area contributed by atoms with Crippen LogP contribution in [0.3, 0.4) is 0 Å². The molecule has 2 aromatic carbocycles. The molecule has 6 nitrogen and oxygen atoms in total. The van der Waals surface area contributed by atoms with Gasteiger partial charge >= 0.3 is 0 Å². The molecule has 126 valence electrons. The Balaban J connectivity index is 1.64. The van der Waals surface area contributed by atoms with Gasteiger partial charge in [0.2, 0.25) is 0 Å². The van der Waals surface area contributed by atoms with Gasteiger partial charge in [-0.1, -0.05) is 53.3 Å². The molecule has 8 heteroatoms. The first-order chi connectivity index (χ1) is 12.1. The van der Waals surface area contributed by atoms with Crippen molar-refractivity contribution in [3.63, 3.8) is 0 Å². The average Bonchev–Trinajstić information content (AvgIpc) is 2.95. The molecule has 1 aromatic heterocycles. The van der Waals surface area contributed by atoms with E-state index in [4.69, 9.17) is 11.6 Å². The smallest absolute Gasteiger partial charge is 0.189 e. The number of nitrogens with zero attached hydrogens (tertiary/aromatic N) is 2. The molecule has 0 amide bonds. The molecule has 3 rings (SSSR count). The van der Waals surface area contributed by atoms with Crippen molar-refractivity contribution < 1.29 is 9.90 Å². The van der Waals surface area contributed by atoms with Gasteiger partial charge in [0.15, 0.2) is 10.3 Å². The van der Waals surface area contributed by atoms with E-state index in [0.29, 0.717) is 20.8 Å². The Bertz CT molecular complexity index is 895. The summed E-state index contributed by atoms with van der Waals surface area (Å²) in [6.45, 7) is 0. The Morgan fingerprint density at radius 3 is 2.52 bits per heavy atom. The summed E-state index contributed by atoms with van der Waals surface area (Å²) >= 11 is 7.48. The number of rotatable bonds is 6. The molecule has 0 fully saturated rings. The maximum Gasteiger partial charge on any atom is 0.189 e. The molecule has 0 spiro atoms. The zero-order chi connectivity index (χ0) is 17.6.